The lowest BCUT2D eigenvalue weighted by molar-refractivity contribution is 0.817. The van der Waals surface area contributed by atoms with Crippen LogP contribution in [0.25, 0.3) is 0 Å². The maximum Gasteiger partial charge on any atom is 0.181 e. The Balaban J connectivity index is 2.33. The van der Waals surface area contributed by atoms with Gasteiger partial charge in [0.15, 0.2) is 8.68 Å². The van der Waals surface area contributed by atoms with E-state index in [4.69, 9.17) is 0 Å². The summed E-state index contributed by atoms with van der Waals surface area (Å²) in [5.74, 6) is 0.966. The Morgan fingerprint density at radius 1 is 1.05 bits per heavy atom. The highest BCUT2D eigenvalue weighted by Gasteiger charge is 2.17. The highest BCUT2D eigenvalue weighted by Crippen LogP contribution is 2.34. The minimum absolute atomic E-state index is 0.620. The number of rotatable bonds is 6. The first kappa shape index (κ1) is 16.2. The fraction of sp³-hybridized carbons (Fsp3) is 0.462. The van der Waals surface area contributed by atoms with E-state index in [1.165, 1.54) is 23.1 Å². The molecule has 0 amide bonds. The average Bonchev–Trinajstić information content (AvgIpc) is 2.94. The zero-order valence-electron chi connectivity index (χ0n) is 12.1. The highest BCUT2D eigenvalue weighted by atomic mass is 32.2. The molecule has 0 unspecified atom stereocenters. The van der Waals surface area contributed by atoms with Crippen LogP contribution in [0.3, 0.4) is 0 Å². The minimum Gasteiger partial charge on any atom is -0.192 e. The molecule has 2 heterocycles. The van der Waals surface area contributed by atoms with E-state index in [-0.39, 0.29) is 0 Å². The van der Waals surface area contributed by atoms with E-state index in [1.54, 1.807) is 11.8 Å². The van der Waals surface area contributed by atoms with E-state index in [9.17, 15) is 5.26 Å². The van der Waals surface area contributed by atoms with Crippen molar-refractivity contribution >= 4 is 34.9 Å². The molecule has 21 heavy (non-hydrogen) atoms. The Hall–Kier alpha value is -1.17. The van der Waals surface area contributed by atoms with E-state index in [2.05, 4.69) is 33.4 Å². The first-order valence-electron chi connectivity index (χ1n) is 6.66. The molecule has 0 saturated heterocycles. The molecule has 0 aliphatic rings. The van der Waals surface area contributed by atoms with Crippen LogP contribution in [0.1, 0.15) is 37.6 Å². The lowest BCUT2D eigenvalue weighted by Crippen LogP contribution is -2.04. The molecule has 0 radical (unpaired) electrons. The van der Waals surface area contributed by atoms with Crippen LogP contribution < -0.4 is 0 Å². The van der Waals surface area contributed by atoms with Crippen LogP contribution in [0, 0.1) is 11.3 Å². The summed E-state index contributed by atoms with van der Waals surface area (Å²) in [6.45, 7) is 6.14. The Labute approximate surface area is 136 Å². The van der Waals surface area contributed by atoms with Crippen LogP contribution in [0.4, 0.5) is 0 Å². The van der Waals surface area contributed by atoms with Crippen LogP contribution in [-0.4, -0.2) is 26.1 Å². The van der Waals surface area contributed by atoms with Gasteiger partial charge in [0.05, 0.1) is 11.3 Å². The molecule has 0 spiro atoms. The number of nitrogens with zero attached hydrogens (tertiary/aromatic N) is 5. The average molecular weight is 337 g/mol. The summed E-state index contributed by atoms with van der Waals surface area (Å²) in [5, 5.41) is 26.8. The van der Waals surface area contributed by atoms with E-state index in [1.807, 2.05) is 13.8 Å². The Bertz CT molecular complexity index is 662. The van der Waals surface area contributed by atoms with Crippen LogP contribution >= 0.6 is 34.9 Å². The van der Waals surface area contributed by atoms with Gasteiger partial charge in [0.1, 0.15) is 11.1 Å². The van der Waals surface area contributed by atoms with Crippen molar-refractivity contribution in [3.63, 3.8) is 0 Å². The number of aromatic nitrogens is 4. The molecule has 0 N–H and O–H groups in total. The van der Waals surface area contributed by atoms with Gasteiger partial charge in [0.25, 0.3) is 0 Å². The maximum atomic E-state index is 9.45. The summed E-state index contributed by atoms with van der Waals surface area (Å²) in [6.07, 6.45) is 1.56. The molecule has 0 atom stereocenters. The monoisotopic (exact) mass is 337 g/mol. The predicted octanol–water partition coefficient (Wildman–Crippen LogP) is 3.59. The van der Waals surface area contributed by atoms with Crippen molar-refractivity contribution in [1.29, 1.82) is 5.26 Å². The van der Waals surface area contributed by atoms with Crippen LogP contribution in [0.5, 0.6) is 0 Å². The molecule has 2 rings (SSSR count). The molecule has 2 aromatic rings. The lowest BCUT2D eigenvalue weighted by Gasteiger charge is -2.08. The fourth-order valence-electron chi connectivity index (χ4n) is 1.84. The maximum absolute atomic E-state index is 9.45. The third-order valence-corrected chi connectivity index (χ3v) is 5.73. The van der Waals surface area contributed by atoms with Crippen molar-refractivity contribution in [2.45, 2.75) is 47.3 Å². The topological polar surface area (TPSA) is 75.3 Å². The van der Waals surface area contributed by atoms with Gasteiger partial charge in [-0.3, -0.25) is 0 Å². The van der Waals surface area contributed by atoms with Gasteiger partial charge in [-0.1, -0.05) is 43.9 Å². The largest absolute Gasteiger partial charge is 0.192 e. The lowest BCUT2D eigenvalue weighted by atomic mass is 10.1. The van der Waals surface area contributed by atoms with Gasteiger partial charge in [-0.2, -0.15) is 10.4 Å². The van der Waals surface area contributed by atoms with E-state index in [0.717, 1.165) is 38.5 Å². The summed E-state index contributed by atoms with van der Waals surface area (Å²) in [4.78, 5) is 0. The quantitative estimate of drug-likeness (QED) is 0.746. The SMILES string of the molecule is CCSc1nnc(Sc2nnc(CC)c(CC)c2C#N)s1. The van der Waals surface area contributed by atoms with Crippen LogP contribution in [0.2, 0.25) is 0 Å². The molecule has 0 aliphatic heterocycles. The number of nitriles is 1. The van der Waals surface area contributed by atoms with Crippen LogP contribution in [0.15, 0.2) is 13.7 Å². The van der Waals surface area contributed by atoms with Gasteiger partial charge < -0.3 is 0 Å². The zero-order valence-corrected chi connectivity index (χ0v) is 14.5. The van der Waals surface area contributed by atoms with Crippen molar-refractivity contribution in [2.24, 2.45) is 0 Å². The van der Waals surface area contributed by atoms with Crippen molar-refractivity contribution in [3.8, 4) is 6.07 Å². The summed E-state index contributed by atoms with van der Waals surface area (Å²) in [6, 6.07) is 2.27. The van der Waals surface area contributed by atoms with E-state index in [0.29, 0.717) is 10.6 Å². The smallest absolute Gasteiger partial charge is 0.181 e. The molecule has 0 saturated carbocycles. The van der Waals surface area contributed by atoms with Crippen LogP contribution in [-0.2, 0) is 12.8 Å². The molecule has 110 valence electrons. The van der Waals surface area contributed by atoms with Crippen molar-refractivity contribution in [3.05, 3.63) is 16.8 Å². The van der Waals surface area contributed by atoms with Gasteiger partial charge in [-0.15, -0.1) is 15.3 Å². The molecule has 0 bridgehead atoms. The summed E-state index contributed by atoms with van der Waals surface area (Å²) < 4.78 is 1.73. The van der Waals surface area contributed by atoms with Gasteiger partial charge >= 0.3 is 0 Å². The summed E-state index contributed by atoms with van der Waals surface area (Å²) in [7, 11) is 0. The zero-order chi connectivity index (χ0) is 15.2. The molecule has 8 heteroatoms. The molecule has 0 aliphatic carbocycles. The van der Waals surface area contributed by atoms with Crippen molar-refractivity contribution in [2.75, 3.05) is 5.75 Å². The Morgan fingerprint density at radius 2 is 1.81 bits per heavy atom. The van der Waals surface area contributed by atoms with Gasteiger partial charge in [0.2, 0.25) is 0 Å². The van der Waals surface area contributed by atoms with Gasteiger partial charge in [-0.25, -0.2) is 0 Å². The number of thioether (sulfide) groups is 1. The van der Waals surface area contributed by atoms with Gasteiger partial charge in [0, 0.05) is 0 Å². The second-order valence-electron chi connectivity index (χ2n) is 3.99. The van der Waals surface area contributed by atoms with Crippen molar-refractivity contribution < 1.29 is 0 Å². The minimum atomic E-state index is 0.620. The fourth-order valence-corrected chi connectivity index (χ4v) is 4.73. The molecule has 2 aromatic heterocycles. The number of hydrogen-bond donors (Lipinski definition) is 0. The van der Waals surface area contributed by atoms with Crippen molar-refractivity contribution in [1.82, 2.24) is 20.4 Å². The number of hydrogen-bond acceptors (Lipinski definition) is 8. The first-order valence-corrected chi connectivity index (χ1v) is 9.27. The summed E-state index contributed by atoms with van der Waals surface area (Å²) >= 11 is 4.55. The van der Waals surface area contributed by atoms with E-state index < -0.39 is 0 Å². The molecular weight excluding hydrogens is 322 g/mol. The molecule has 5 nitrogen and oxygen atoms in total. The third-order valence-electron chi connectivity index (χ3n) is 2.77. The number of aryl methyl sites for hydroxylation is 1. The standard InChI is InChI=1S/C13H15N5S3/c1-4-8-9(7-14)11(16-15-10(8)5-2)20-13-18-17-12(21-13)19-6-3/h4-6H2,1-3H3. The predicted molar refractivity (Wildman–Crippen MR) is 85.9 cm³/mol. The second-order valence-corrected chi connectivity index (χ2v) is 7.72. The first-order chi connectivity index (χ1) is 10.2. The van der Waals surface area contributed by atoms with Gasteiger partial charge in [-0.05, 0) is 35.9 Å². The summed E-state index contributed by atoms with van der Waals surface area (Å²) in [5.41, 5.74) is 2.51. The highest BCUT2D eigenvalue weighted by molar-refractivity contribution is 8.03. The van der Waals surface area contributed by atoms with E-state index >= 15 is 0 Å². The second kappa shape index (κ2) is 7.73. The third kappa shape index (κ3) is 3.73. The normalized spacial score (nSPS) is 10.6. The Kier molecular flexibility index (Phi) is 5.96. The Morgan fingerprint density at radius 3 is 2.43 bits per heavy atom. The molecule has 0 aromatic carbocycles. The molecule has 0 fully saturated rings. The molecular formula is C13H15N5S3.